The maximum atomic E-state index is 12.1. The van der Waals surface area contributed by atoms with Crippen molar-refractivity contribution in [3.63, 3.8) is 0 Å². The highest BCUT2D eigenvalue weighted by atomic mass is 32.2. The molecule has 2 fully saturated rings. The monoisotopic (exact) mass is 345 g/mol. The molecule has 9 heteroatoms. The van der Waals surface area contributed by atoms with Crippen molar-refractivity contribution in [1.29, 1.82) is 0 Å². The van der Waals surface area contributed by atoms with E-state index in [2.05, 4.69) is 5.16 Å². The van der Waals surface area contributed by atoms with Crippen LogP contribution >= 0.6 is 11.3 Å². The Balaban J connectivity index is 1.81. The van der Waals surface area contributed by atoms with Crippen LogP contribution in [0.4, 0.5) is 0 Å². The zero-order valence-electron chi connectivity index (χ0n) is 11.6. The molecule has 0 radical (unpaired) electrons. The smallest absolute Gasteiger partial charge is 0.359 e. The van der Waals surface area contributed by atoms with Crippen molar-refractivity contribution in [2.45, 2.75) is 34.8 Å². The second-order valence-electron chi connectivity index (χ2n) is 5.20. The van der Waals surface area contributed by atoms with Crippen molar-refractivity contribution in [2.75, 3.05) is 13.2 Å². The molecule has 0 aromatic carbocycles. The van der Waals surface area contributed by atoms with Gasteiger partial charge in [0.1, 0.15) is 4.21 Å². The first-order valence-corrected chi connectivity index (χ1v) is 9.23. The second-order valence-corrected chi connectivity index (χ2v) is 8.74. The van der Waals surface area contributed by atoms with Crippen molar-refractivity contribution in [3.8, 4) is 0 Å². The molecular formula is C13H15NO6S2. The van der Waals surface area contributed by atoms with Crippen molar-refractivity contribution < 1.29 is 27.9 Å². The lowest BCUT2D eigenvalue weighted by atomic mass is 10.3. The summed E-state index contributed by atoms with van der Waals surface area (Å²) in [4.78, 5) is 16.8. The third kappa shape index (κ3) is 3.16. The normalized spacial score (nSPS) is 22.7. The number of ether oxygens (including phenoxy) is 1. The van der Waals surface area contributed by atoms with E-state index < -0.39 is 15.8 Å². The van der Waals surface area contributed by atoms with Crippen molar-refractivity contribution in [3.05, 3.63) is 17.0 Å². The summed E-state index contributed by atoms with van der Waals surface area (Å²) in [6, 6.07) is 2.90. The van der Waals surface area contributed by atoms with Gasteiger partial charge in [0.25, 0.3) is 0 Å². The van der Waals surface area contributed by atoms with E-state index in [-0.39, 0.29) is 26.2 Å². The third-order valence-corrected chi connectivity index (χ3v) is 7.32. The molecule has 22 heavy (non-hydrogen) atoms. The summed E-state index contributed by atoms with van der Waals surface area (Å²) in [5.41, 5.74) is -0.283. The van der Waals surface area contributed by atoms with Gasteiger partial charge in [0, 0.05) is 6.42 Å². The van der Waals surface area contributed by atoms with Gasteiger partial charge in [0.2, 0.25) is 5.71 Å². The van der Waals surface area contributed by atoms with Gasteiger partial charge >= 0.3 is 5.97 Å². The van der Waals surface area contributed by atoms with Gasteiger partial charge in [-0.05, 0) is 25.0 Å². The van der Waals surface area contributed by atoms with Crippen molar-refractivity contribution in [1.82, 2.24) is 0 Å². The number of oxime groups is 1. The molecule has 0 bridgehead atoms. The fourth-order valence-corrected chi connectivity index (χ4v) is 5.25. The van der Waals surface area contributed by atoms with E-state index in [0.717, 1.165) is 11.3 Å². The molecule has 3 rings (SSSR count). The fraction of sp³-hybridized carbons (Fsp3) is 0.538. The van der Waals surface area contributed by atoms with Crippen LogP contribution in [0.5, 0.6) is 0 Å². The van der Waals surface area contributed by atoms with Crippen LogP contribution in [0.3, 0.4) is 0 Å². The van der Waals surface area contributed by atoms with Gasteiger partial charge in [-0.25, -0.2) is 13.2 Å². The second kappa shape index (κ2) is 5.98. The number of rotatable bonds is 6. The Labute approximate surface area is 131 Å². The maximum Gasteiger partial charge on any atom is 0.359 e. The predicted molar refractivity (Wildman–Crippen MR) is 79.0 cm³/mol. The Hall–Kier alpha value is -1.45. The molecule has 1 aliphatic heterocycles. The topological polar surface area (TPSA) is 102 Å². The fourth-order valence-electron chi connectivity index (χ4n) is 2.06. The van der Waals surface area contributed by atoms with Crippen LogP contribution in [-0.2, 0) is 24.2 Å². The Morgan fingerprint density at radius 1 is 1.36 bits per heavy atom. The van der Waals surface area contributed by atoms with Gasteiger partial charge in [0.15, 0.2) is 15.9 Å². The van der Waals surface area contributed by atoms with Crippen LogP contribution in [0, 0.1) is 0 Å². The van der Waals surface area contributed by atoms with Crippen molar-refractivity contribution >= 4 is 32.9 Å². The van der Waals surface area contributed by atoms with Gasteiger partial charge in [-0.2, -0.15) is 0 Å². The minimum Gasteiger partial charge on any atom is -0.476 e. The quantitative estimate of drug-likeness (QED) is 0.615. The molecular weight excluding hydrogens is 330 g/mol. The van der Waals surface area contributed by atoms with E-state index >= 15 is 0 Å². The van der Waals surface area contributed by atoms with E-state index in [0.29, 0.717) is 32.5 Å². The zero-order chi connectivity index (χ0) is 15.7. The summed E-state index contributed by atoms with van der Waals surface area (Å²) >= 11 is 0.916. The Morgan fingerprint density at radius 2 is 2.14 bits per heavy atom. The number of hydrogen-bond donors (Lipinski definition) is 1. The molecule has 1 aromatic rings. The van der Waals surface area contributed by atoms with E-state index in [1.165, 1.54) is 12.1 Å². The van der Waals surface area contributed by atoms with Crippen LogP contribution in [-0.4, -0.2) is 49.8 Å². The summed E-state index contributed by atoms with van der Waals surface area (Å²) in [7, 11) is -3.32. The van der Waals surface area contributed by atoms with Gasteiger partial charge in [-0.15, -0.1) is 11.3 Å². The van der Waals surface area contributed by atoms with E-state index in [4.69, 9.17) is 9.57 Å². The Kier molecular flexibility index (Phi) is 4.20. The van der Waals surface area contributed by atoms with E-state index in [1.807, 2.05) is 0 Å². The van der Waals surface area contributed by atoms with Gasteiger partial charge in [0.05, 0.1) is 23.3 Å². The molecule has 0 unspecified atom stereocenters. The SMILES string of the molecule is O=C(O)/C(=N/O[C@@H]1CCOC1)c1ccc(S(=O)(=O)C2CC2)s1. The predicted octanol–water partition coefficient (Wildman–Crippen LogP) is 1.28. The lowest BCUT2D eigenvalue weighted by molar-refractivity contribution is -0.129. The van der Waals surface area contributed by atoms with Gasteiger partial charge in [-0.1, -0.05) is 5.16 Å². The molecule has 1 N–H and O–H groups in total. The highest BCUT2D eigenvalue weighted by molar-refractivity contribution is 7.94. The number of hydrogen-bond acceptors (Lipinski definition) is 7. The Bertz CT molecular complexity index is 698. The Morgan fingerprint density at radius 3 is 2.73 bits per heavy atom. The summed E-state index contributed by atoms with van der Waals surface area (Å²) in [6.45, 7) is 0.938. The number of carboxylic acids is 1. The van der Waals surface area contributed by atoms with Crippen LogP contribution in [0.15, 0.2) is 21.5 Å². The molecule has 2 heterocycles. The zero-order valence-corrected chi connectivity index (χ0v) is 13.2. The summed E-state index contributed by atoms with van der Waals surface area (Å²) in [6.07, 6.45) is 1.73. The number of carboxylic acid groups (broad SMARTS) is 1. The highest BCUT2D eigenvalue weighted by Crippen LogP contribution is 2.36. The molecule has 1 aliphatic carbocycles. The standard InChI is InChI=1S/C13H15NO6S2/c15-13(16)12(14-20-8-5-6-19-7-8)10-3-4-11(21-10)22(17,18)9-1-2-9/h3-4,8-9H,1-2,5-7H2,(H,15,16)/b14-12+/t8-/m1/s1. The first-order valence-electron chi connectivity index (χ1n) is 6.87. The van der Waals surface area contributed by atoms with Crippen LogP contribution in [0.1, 0.15) is 24.1 Å². The number of thiophene rings is 1. The molecule has 1 saturated heterocycles. The highest BCUT2D eigenvalue weighted by Gasteiger charge is 2.38. The molecule has 120 valence electrons. The lowest BCUT2D eigenvalue weighted by Crippen LogP contribution is -2.16. The number of sulfone groups is 1. The molecule has 7 nitrogen and oxygen atoms in total. The first-order chi connectivity index (χ1) is 10.5. The molecule has 0 amide bonds. The number of carbonyl (C=O) groups is 1. The number of nitrogens with zero attached hydrogens (tertiary/aromatic N) is 1. The van der Waals surface area contributed by atoms with E-state index in [1.54, 1.807) is 0 Å². The average molecular weight is 345 g/mol. The molecule has 1 saturated carbocycles. The minimum absolute atomic E-state index is 0.183. The first kappa shape index (κ1) is 15.4. The van der Waals surface area contributed by atoms with E-state index in [9.17, 15) is 18.3 Å². The average Bonchev–Trinajstić information content (AvgIpc) is 3.00. The van der Waals surface area contributed by atoms with Gasteiger partial charge < -0.3 is 14.7 Å². The van der Waals surface area contributed by atoms with Crippen molar-refractivity contribution in [2.24, 2.45) is 5.16 Å². The van der Waals surface area contributed by atoms with Crippen LogP contribution in [0.2, 0.25) is 0 Å². The van der Waals surface area contributed by atoms with Crippen LogP contribution in [0.25, 0.3) is 0 Å². The maximum absolute atomic E-state index is 12.1. The molecule has 0 spiro atoms. The summed E-state index contributed by atoms with van der Waals surface area (Å²) in [5, 5.41) is 12.6. The largest absolute Gasteiger partial charge is 0.476 e. The van der Waals surface area contributed by atoms with Crippen LogP contribution < -0.4 is 0 Å². The molecule has 1 atom stereocenters. The van der Waals surface area contributed by atoms with Gasteiger partial charge in [-0.3, -0.25) is 0 Å². The lowest BCUT2D eigenvalue weighted by Gasteiger charge is -2.05. The molecule has 2 aliphatic rings. The summed E-state index contributed by atoms with van der Waals surface area (Å²) in [5.74, 6) is -1.25. The third-order valence-electron chi connectivity index (χ3n) is 3.44. The number of aliphatic carboxylic acids is 1. The minimum atomic E-state index is -3.32. The summed E-state index contributed by atoms with van der Waals surface area (Å²) < 4.78 is 29.6. The molecule has 1 aromatic heterocycles.